The number of sulfonamides is 1. The van der Waals surface area contributed by atoms with Crippen LogP contribution in [0.25, 0.3) is 10.9 Å². The number of carbonyl (C=O) groups is 1. The minimum Gasteiger partial charge on any atom is -0.361 e. The zero-order valence-corrected chi connectivity index (χ0v) is 20.0. The molecule has 0 aliphatic carbocycles. The molecule has 3 N–H and O–H groups in total. The maximum Gasteiger partial charge on any atom is 0.241 e. The lowest BCUT2D eigenvalue weighted by atomic mass is 10.0. The van der Waals surface area contributed by atoms with Gasteiger partial charge in [-0.3, -0.25) is 4.79 Å². The Bertz CT molecular complexity index is 1480. The van der Waals surface area contributed by atoms with Crippen molar-refractivity contribution in [2.75, 3.05) is 0 Å². The largest absolute Gasteiger partial charge is 0.361 e. The Morgan fingerprint density at radius 3 is 2.51 bits per heavy atom. The van der Waals surface area contributed by atoms with Crippen LogP contribution in [-0.4, -0.2) is 25.4 Å². The average molecular weight is 498 g/mol. The molecule has 4 rings (SSSR count). The van der Waals surface area contributed by atoms with Crippen LogP contribution in [0.15, 0.2) is 77.8 Å². The van der Waals surface area contributed by atoms with E-state index in [0.29, 0.717) is 5.56 Å². The van der Waals surface area contributed by atoms with Crippen molar-refractivity contribution in [2.24, 2.45) is 0 Å². The molecule has 0 fully saturated rings. The van der Waals surface area contributed by atoms with Crippen LogP contribution in [0, 0.1) is 18.6 Å². The second-order valence-electron chi connectivity index (χ2n) is 8.46. The molecule has 2 atom stereocenters. The lowest BCUT2D eigenvalue weighted by Gasteiger charge is -2.22. The number of benzene rings is 3. The van der Waals surface area contributed by atoms with Crippen molar-refractivity contribution >= 4 is 26.8 Å². The highest BCUT2D eigenvalue weighted by Gasteiger charge is 2.28. The van der Waals surface area contributed by atoms with Gasteiger partial charge in [0.1, 0.15) is 6.04 Å². The first kappa shape index (κ1) is 24.6. The fourth-order valence-corrected chi connectivity index (χ4v) is 5.22. The van der Waals surface area contributed by atoms with Crippen LogP contribution >= 0.6 is 0 Å². The number of H-pyrrole nitrogens is 1. The van der Waals surface area contributed by atoms with Crippen LogP contribution in [0.1, 0.15) is 29.7 Å². The number of hydrogen-bond acceptors (Lipinski definition) is 3. The van der Waals surface area contributed by atoms with Crippen molar-refractivity contribution < 1.29 is 22.0 Å². The number of halogens is 2. The van der Waals surface area contributed by atoms with Crippen molar-refractivity contribution in [1.29, 1.82) is 0 Å². The Hall–Kier alpha value is -3.56. The lowest BCUT2D eigenvalue weighted by Crippen LogP contribution is -2.48. The summed E-state index contributed by atoms with van der Waals surface area (Å²) >= 11 is 0. The van der Waals surface area contributed by atoms with Gasteiger partial charge in [-0.15, -0.1) is 0 Å². The number of aromatic amines is 1. The predicted octanol–water partition coefficient (Wildman–Crippen LogP) is 4.52. The SMILES string of the molecule is Cc1cccc(S(=O)(=O)N[C@@H](Cc2c[nH]c3ccccc23)C(=O)N[C@@H](C)c2ccc(F)c(F)c2)c1. The Morgan fingerprint density at radius 2 is 1.77 bits per heavy atom. The highest BCUT2D eigenvalue weighted by molar-refractivity contribution is 7.89. The summed E-state index contributed by atoms with van der Waals surface area (Å²) in [6, 6.07) is 15.4. The molecule has 0 aliphatic heterocycles. The number of carbonyl (C=O) groups excluding carboxylic acids is 1. The number of fused-ring (bicyclic) bond motifs is 1. The molecule has 0 spiro atoms. The molecule has 4 aromatic rings. The Kier molecular flexibility index (Phi) is 7.00. The van der Waals surface area contributed by atoms with Crippen molar-refractivity contribution in [3.05, 3.63) is 101 Å². The summed E-state index contributed by atoms with van der Waals surface area (Å²) in [5, 5.41) is 3.59. The fourth-order valence-electron chi connectivity index (χ4n) is 3.93. The average Bonchev–Trinajstić information content (AvgIpc) is 3.23. The molecule has 0 saturated carbocycles. The molecule has 1 aromatic heterocycles. The first-order valence-corrected chi connectivity index (χ1v) is 12.5. The van der Waals surface area contributed by atoms with Crippen molar-refractivity contribution in [2.45, 2.75) is 37.2 Å². The summed E-state index contributed by atoms with van der Waals surface area (Å²) in [5.74, 6) is -2.61. The number of rotatable bonds is 8. The van der Waals surface area contributed by atoms with Gasteiger partial charge >= 0.3 is 0 Å². The van der Waals surface area contributed by atoms with E-state index in [-0.39, 0.29) is 11.3 Å². The van der Waals surface area contributed by atoms with E-state index in [1.54, 1.807) is 32.2 Å². The van der Waals surface area contributed by atoms with E-state index in [0.717, 1.165) is 34.2 Å². The van der Waals surface area contributed by atoms with Gasteiger partial charge in [0.05, 0.1) is 10.9 Å². The van der Waals surface area contributed by atoms with Crippen LogP contribution in [-0.2, 0) is 21.2 Å². The van der Waals surface area contributed by atoms with E-state index in [9.17, 15) is 22.0 Å². The maximum atomic E-state index is 13.7. The maximum absolute atomic E-state index is 13.7. The van der Waals surface area contributed by atoms with Gasteiger partial charge in [0.15, 0.2) is 11.6 Å². The van der Waals surface area contributed by atoms with Gasteiger partial charge in [-0.2, -0.15) is 4.72 Å². The molecule has 9 heteroatoms. The molecular formula is C26H25F2N3O3S. The van der Waals surface area contributed by atoms with Gasteiger partial charge in [-0.25, -0.2) is 17.2 Å². The smallest absolute Gasteiger partial charge is 0.241 e. The van der Waals surface area contributed by atoms with Gasteiger partial charge in [0.2, 0.25) is 15.9 Å². The van der Waals surface area contributed by atoms with Crippen molar-refractivity contribution in [3.63, 3.8) is 0 Å². The zero-order valence-electron chi connectivity index (χ0n) is 19.2. The Labute approximate surface area is 202 Å². The van der Waals surface area contributed by atoms with E-state index in [1.165, 1.54) is 18.2 Å². The Morgan fingerprint density at radius 1 is 1.00 bits per heavy atom. The number of nitrogens with one attached hydrogen (secondary N) is 3. The summed E-state index contributed by atoms with van der Waals surface area (Å²) in [6.45, 7) is 3.39. The predicted molar refractivity (Wildman–Crippen MR) is 130 cm³/mol. The molecule has 3 aromatic carbocycles. The third kappa shape index (κ3) is 5.58. The topological polar surface area (TPSA) is 91.1 Å². The van der Waals surface area contributed by atoms with Crippen molar-refractivity contribution in [1.82, 2.24) is 15.0 Å². The third-order valence-electron chi connectivity index (χ3n) is 5.82. The number of para-hydroxylation sites is 1. The van der Waals surface area contributed by atoms with Gasteiger partial charge in [0, 0.05) is 17.1 Å². The third-order valence-corrected chi connectivity index (χ3v) is 7.28. The van der Waals surface area contributed by atoms with E-state index in [1.807, 2.05) is 24.3 Å². The number of amides is 1. The quantitative estimate of drug-likeness (QED) is 0.334. The Balaban J connectivity index is 1.63. The van der Waals surface area contributed by atoms with E-state index in [2.05, 4.69) is 15.0 Å². The van der Waals surface area contributed by atoms with Crippen molar-refractivity contribution in [3.8, 4) is 0 Å². The molecule has 0 saturated heterocycles. The monoisotopic (exact) mass is 497 g/mol. The standard InChI is InChI=1S/C26H25F2N3O3S/c1-16-6-5-7-20(12-16)35(33,34)31-25(14-19-15-29-24-9-4-3-8-21(19)24)26(32)30-17(2)18-10-11-22(27)23(28)13-18/h3-13,15,17,25,29,31H,14H2,1-2H3,(H,30,32)/t17-,25-/m0/s1. The minimum absolute atomic E-state index is 0.0443. The summed E-state index contributed by atoms with van der Waals surface area (Å²) in [5.41, 5.74) is 2.73. The molecular weight excluding hydrogens is 472 g/mol. The highest BCUT2D eigenvalue weighted by Crippen LogP contribution is 2.21. The van der Waals surface area contributed by atoms with Crippen LogP contribution < -0.4 is 10.0 Å². The first-order chi connectivity index (χ1) is 16.6. The second kappa shape index (κ2) is 9.97. The van der Waals surface area contributed by atoms with E-state index >= 15 is 0 Å². The zero-order chi connectivity index (χ0) is 25.2. The molecule has 35 heavy (non-hydrogen) atoms. The molecule has 1 heterocycles. The molecule has 182 valence electrons. The first-order valence-electron chi connectivity index (χ1n) is 11.0. The van der Waals surface area contributed by atoms with Crippen LogP contribution in [0.5, 0.6) is 0 Å². The van der Waals surface area contributed by atoms with E-state index < -0.39 is 39.6 Å². The van der Waals surface area contributed by atoms with E-state index in [4.69, 9.17) is 0 Å². The normalized spacial score (nSPS) is 13.5. The molecule has 6 nitrogen and oxygen atoms in total. The highest BCUT2D eigenvalue weighted by atomic mass is 32.2. The molecule has 0 radical (unpaired) electrons. The summed E-state index contributed by atoms with van der Waals surface area (Å²) < 4.78 is 55.8. The summed E-state index contributed by atoms with van der Waals surface area (Å²) in [7, 11) is -4.03. The molecule has 0 bridgehead atoms. The molecule has 1 amide bonds. The van der Waals surface area contributed by atoms with Gasteiger partial charge in [-0.05, 0) is 67.3 Å². The lowest BCUT2D eigenvalue weighted by molar-refractivity contribution is -0.123. The summed E-state index contributed by atoms with van der Waals surface area (Å²) in [6.07, 6.45) is 1.82. The molecule has 0 unspecified atom stereocenters. The van der Waals surface area contributed by atoms with Crippen LogP contribution in [0.4, 0.5) is 8.78 Å². The van der Waals surface area contributed by atoms with Gasteiger partial charge in [0.25, 0.3) is 0 Å². The van der Waals surface area contributed by atoms with Gasteiger partial charge < -0.3 is 10.3 Å². The van der Waals surface area contributed by atoms with Crippen LogP contribution in [0.2, 0.25) is 0 Å². The second-order valence-corrected chi connectivity index (χ2v) is 10.2. The summed E-state index contributed by atoms with van der Waals surface area (Å²) in [4.78, 5) is 16.5. The fraction of sp³-hybridized carbons (Fsp3) is 0.192. The van der Waals surface area contributed by atoms with Crippen LogP contribution in [0.3, 0.4) is 0 Å². The minimum atomic E-state index is -4.03. The number of aromatic nitrogens is 1. The molecule has 0 aliphatic rings. The number of hydrogen-bond donors (Lipinski definition) is 3. The van der Waals surface area contributed by atoms with Gasteiger partial charge in [-0.1, -0.05) is 36.4 Å². The number of aryl methyl sites for hydroxylation is 1.